The first-order valence-corrected chi connectivity index (χ1v) is 7.64. The minimum atomic E-state index is 0.00538. The lowest BCUT2D eigenvalue weighted by Crippen LogP contribution is -2.22. The van der Waals surface area contributed by atoms with Crippen LogP contribution < -0.4 is 10.1 Å². The SMILES string of the molecule is CCNC(c1cc(C)cc(Cl)c1)c1ccc(OC)cc1Cl. The van der Waals surface area contributed by atoms with Crippen LogP contribution in [0.1, 0.15) is 29.7 Å². The van der Waals surface area contributed by atoms with E-state index in [4.69, 9.17) is 27.9 Å². The van der Waals surface area contributed by atoms with Crippen LogP contribution in [-0.4, -0.2) is 13.7 Å². The molecule has 1 atom stereocenters. The molecule has 2 aromatic rings. The van der Waals surface area contributed by atoms with Gasteiger partial charge in [-0.15, -0.1) is 0 Å². The van der Waals surface area contributed by atoms with Gasteiger partial charge in [0.1, 0.15) is 5.75 Å². The van der Waals surface area contributed by atoms with Gasteiger partial charge in [-0.3, -0.25) is 0 Å². The zero-order chi connectivity index (χ0) is 15.4. The van der Waals surface area contributed by atoms with E-state index < -0.39 is 0 Å². The van der Waals surface area contributed by atoms with E-state index >= 15 is 0 Å². The highest BCUT2D eigenvalue weighted by Crippen LogP contribution is 2.32. The van der Waals surface area contributed by atoms with Crippen LogP contribution in [0, 0.1) is 6.92 Å². The molecule has 0 aliphatic heterocycles. The molecule has 0 spiro atoms. The maximum absolute atomic E-state index is 6.42. The third kappa shape index (κ3) is 3.91. The average Bonchev–Trinajstić information content (AvgIpc) is 2.44. The Bertz CT molecular complexity index is 608. The molecule has 0 saturated heterocycles. The first-order chi connectivity index (χ1) is 10.0. The number of ether oxygens (including phenoxy) is 1. The van der Waals surface area contributed by atoms with E-state index in [1.807, 2.05) is 37.3 Å². The first kappa shape index (κ1) is 16.2. The summed E-state index contributed by atoms with van der Waals surface area (Å²) < 4.78 is 5.21. The number of hydrogen-bond donors (Lipinski definition) is 1. The van der Waals surface area contributed by atoms with Gasteiger partial charge >= 0.3 is 0 Å². The second kappa shape index (κ2) is 7.17. The Labute approximate surface area is 136 Å². The molecule has 2 nitrogen and oxygen atoms in total. The molecule has 0 radical (unpaired) electrons. The molecule has 0 heterocycles. The highest BCUT2D eigenvalue weighted by molar-refractivity contribution is 6.31. The predicted octanol–water partition coefficient (Wildman–Crippen LogP) is 5.01. The van der Waals surface area contributed by atoms with Gasteiger partial charge < -0.3 is 10.1 Å². The summed E-state index contributed by atoms with van der Waals surface area (Å²) in [5.74, 6) is 0.751. The quantitative estimate of drug-likeness (QED) is 0.835. The Balaban J connectivity index is 2.47. The van der Waals surface area contributed by atoms with Gasteiger partial charge in [0.15, 0.2) is 0 Å². The topological polar surface area (TPSA) is 21.3 Å². The number of nitrogens with one attached hydrogen (secondary N) is 1. The maximum atomic E-state index is 6.42. The summed E-state index contributed by atoms with van der Waals surface area (Å²) in [7, 11) is 1.63. The van der Waals surface area contributed by atoms with Crippen molar-refractivity contribution in [2.45, 2.75) is 19.9 Å². The third-order valence-corrected chi connectivity index (χ3v) is 3.87. The van der Waals surface area contributed by atoms with Crippen LogP contribution >= 0.6 is 23.2 Å². The van der Waals surface area contributed by atoms with Crippen molar-refractivity contribution in [1.29, 1.82) is 0 Å². The van der Waals surface area contributed by atoms with Crippen LogP contribution in [0.2, 0.25) is 10.0 Å². The van der Waals surface area contributed by atoms with Crippen molar-refractivity contribution in [3.05, 3.63) is 63.1 Å². The van der Waals surface area contributed by atoms with Crippen molar-refractivity contribution in [1.82, 2.24) is 5.32 Å². The third-order valence-electron chi connectivity index (χ3n) is 3.32. The van der Waals surface area contributed by atoms with Gasteiger partial charge in [-0.1, -0.05) is 42.3 Å². The van der Waals surface area contributed by atoms with Gasteiger partial charge in [0.2, 0.25) is 0 Å². The summed E-state index contributed by atoms with van der Waals surface area (Å²) >= 11 is 12.6. The fraction of sp³-hybridized carbons (Fsp3) is 0.294. The van der Waals surface area contributed by atoms with Crippen molar-refractivity contribution in [3.63, 3.8) is 0 Å². The molecule has 0 aliphatic carbocycles. The van der Waals surface area contributed by atoms with Crippen molar-refractivity contribution in [3.8, 4) is 5.75 Å². The highest BCUT2D eigenvalue weighted by atomic mass is 35.5. The number of rotatable bonds is 5. The van der Waals surface area contributed by atoms with Gasteiger partial charge in [0, 0.05) is 10.0 Å². The molecule has 1 N–H and O–H groups in total. The molecule has 1 unspecified atom stereocenters. The van der Waals surface area contributed by atoms with E-state index in [1.54, 1.807) is 7.11 Å². The standard InChI is InChI=1S/C17H19Cl2NO/c1-4-20-17(12-7-11(2)8-13(18)9-12)15-6-5-14(21-3)10-16(15)19/h5-10,17,20H,4H2,1-3H3. The second-order valence-electron chi connectivity index (χ2n) is 4.94. The van der Waals surface area contributed by atoms with Gasteiger partial charge in [-0.25, -0.2) is 0 Å². The zero-order valence-corrected chi connectivity index (χ0v) is 13.9. The molecule has 21 heavy (non-hydrogen) atoms. The second-order valence-corrected chi connectivity index (χ2v) is 5.78. The minimum Gasteiger partial charge on any atom is -0.497 e. The summed E-state index contributed by atoms with van der Waals surface area (Å²) in [4.78, 5) is 0. The van der Waals surface area contributed by atoms with E-state index in [9.17, 15) is 0 Å². The summed E-state index contributed by atoms with van der Waals surface area (Å²) in [6.07, 6.45) is 0. The van der Waals surface area contributed by atoms with Crippen LogP contribution in [-0.2, 0) is 0 Å². The van der Waals surface area contributed by atoms with Crippen molar-refractivity contribution >= 4 is 23.2 Å². The Morgan fingerprint density at radius 2 is 1.90 bits per heavy atom. The van der Waals surface area contributed by atoms with E-state index in [2.05, 4.69) is 18.3 Å². The number of hydrogen-bond acceptors (Lipinski definition) is 2. The van der Waals surface area contributed by atoms with Gasteiger partial charge in [-0.2, -0.15) is 0 Å². The molecular formula is C17H19Cl2NO. The molecule has 112 valence electrons. The first-order valence-electron chi connectivity index (χ1n) is 6.89. The molecule has 0 aliphatic rings. The Morgan fingerprint density at radius 1 is 1.14 bits per heavy atom. The molecule has 0 saturated carbocycles. The lowest BCUT2D eigenvalue weighted by Gasteiger charge is -2.21. The maximum Gasteiger partial charge on any atom is 0.120 e. The zero-order valence-electron chi connectivity index (χ0n) is 12.4. The van der Waals surface area contributed by atoms with E-state index in [1.165, 1.54) is 0 Å². The summed E-state index contributed by atoms with van der Waals surface area (Å²) in [5, 5.41) is 4.88. The molecule has 2 aromatic carbocycles. The molecule has 0 bridgehead atoms. The minimum absolute atomic E-state index is 0.00538. The average molecular weight is 324 g/mol. The summed E-state index contributed by atoms with van der Waals surface area (Å²) in [6.45, 7) is 4.94. The Hall–Kier alpha value is -1.22. The number of halogens is 2. The van der Waals surface area contributed by atoms with E-state index in [0.29, 0.717) is 5.02 Å². The van der Waals surface area contributed by atoms with Crippen LogP contribution in [0.25, 0.3) is 0 Å². The van der Waals surface area contributed by atoms with Crippen molar-refractivity contribution in [2.75, 3.05) is 13.7 Å². The molecule has 0 aromatic heterocycles. The smallest absolute Gasteiger partial charge is 0.120 e. The number of methoxy groups -OCH3 is 1. The van der Waals surface area contributed by atoms with Crippen LogP contribution in [0.3, 0.4) is 0 Å². The van der Waals surface area contributed by atoms with Crippen molar-refractivity contribution in [2.24, 2.45) is 0 Å². The lowest BCUT2D eigenvalue weighted by atomic mass is 9.97. The molecule has 0 amide bonds. The summed E-state index contributed by atoms with van der Waals surface area (Å²) in [6, 6.07) is 11.8. The normalized spacial score (nSPS) is 12.2. The van der Waals surface area contributed by atoms with Crippen LogP contribution in [0.5, 0.6) is 5.75 Å². The fourth-order valence-corrected chi connectivity index (χ4v) is 2.99. The molecule has 2 rings (SSSR count). The highest BCUT2D eigenvalue weighted by Gasteiger charge is 2.17. The molecule has 4 heteroatoms. The van der Waals surface area contributed by atoms with Crippen molar-refractivity contribution < 1.29 is 4.74 Å². The van der Waals surface area contributed by atoms with Crippen LogP contribution in [0.15, 0.2) is 36.4 Å². The number of aryl methyl sites for hydroxylation is 1. The van der Waals surface area contributed by atoms with Crippen LogP contribution in [0.4, 0.5) is 0 Å². The largest absolute Gasteiger partial charge is 0.497 e. The molecule has 0 fully saturated rings. The monoisotopic (exact) mass is 323 g/mol. The van der Waals surface area contributed by atoms with Gasteiger partial charge in [-0.05, 0) is 54.4 Å². The van der Waals surface area contributed by atoms with Gasteiger partial charge in [0.05, 0.1) is 13.2 Å². The summed E-state index contributed by atoms with van der Waals surface area (Å²) in [5.41, 5.74) is 3.25. The number of benzene rings is 2. The van der Waals surface area contributed by atoms with Gasteiger partial charge in [0.25, 0.3) is 0 Å². The Morgan fingerprint density at radius 3 is 2.48 bits per heavy atom. The van der Waals surface area contributed by atoms with E-state index in [0.717, 1.165) is 34.0 Å². The fourth-order valence-electron chi connectivity index (χ4n) is 2.41. The predicted molar refractivity (Wildman–Crippen MR) is 89.7 cm³/mol. The Kier molecular flexibility index (Phi) is 5.51. The molecular weight excluding hydrogens is 305 g/mol. The van der Waals surface area contributed by atoms with E-state index in [-0.39, 0.29) is 6.04 Å². The lowest BCUT2D eigenvalue weighted by molar-refractivity contribution is 0.414.